The molecule has 7 nitrogen and oxygen atoms in total. The van der Waals surface area contributed by atoms with Crippen molar-refractivity contribution in [1.29, 1.82) is 0 Å². The summed E-state index contributed by atoms with van der Waals surface area (Å²) < 4.78 is 0. The number of amides is 4. The zero-order chi connectivity index (χ0) is 21.1. The minimum absolute atomic E-state index is 0.0292. The van der Waals surface area contributed by atoms with Crippen molar-refractivity contribution in [2.45, 2.75) is 26.3 Å². The molecule has 2 aliphatic heterocycles. The molecule has 2 fully saturated rings. The van der Waals surface area contributed by atoms with E-state index in [0.717, 1.165) is 22.2 Å². The van der Waals surface area contributed by atoms with Crippen LogP contribution >= 0.6 is 23.4 Å². The molecule has 1 N–H and O–H groups in total. The fourth-order valence-electron chi connectivity index (χ4n) is 3.24. The molecule has 0 bridgehead atoms. The van der Waals surface area contributed by atoms with Gasteiger partial charge in [0.05, 0.1) is 10.8 Å². The Hall–Kier alpha value is -2.32. The lowest BCUT2D eigenvalue weighted by Crippen LogP contribution is -2.40. The van der Waals surface area contributed by atoms with E-state index in [4.69, 9.17) is 11.6 Å². The smallest absolute Gasteiger partial charge is 0.293 e. The second kappa shape index (κ2) is 9.00. The molecule has 0 saturated carbocycles. The van der Waals surface area contributed by atoms with Crippen molar-refractivity contribution in [2.75, 3.05) is 19.6 Å². The molecule has 3 rings (SSSR count). The van der Waals surface area contributed by atoms with E-state index in [1.54, 1.807) is 35.2 Å². The Morgan fingerprint density at radius 2 is 1.97 bits per heavy atom. The largest absolute Gasteiger partial charge is 0.354 e. The highest BCUT2D eigenvalue weighted by Gasteiger charge is 2.37. The third kappa shape index (κ3) is 5.00. The monoisotopic (exact) mass is 435 g/mol. The van der Waals surface area contributed by atoms with E-state index in [1.165, 1.54) is 0 Å². The third-order valence-electron chi connectivity index (χ3n) is 4.83. The summed E-state index contributed by atoms with van der Waals surface area (Å²) in [5.41, 5.74) is 0.772. The number of halogens is 1. The number of carbonyl (C=O) groups is 4. The van der Waals surface area contributed by atoms with Gasteiger partial charge in [0.25, 0.3) is 11.1 Å². The summed E-state index contributed by atoms with van der Waals surface area (Å²) in [6, 6.07) is 7.01. The molecule has 1 unspecified atom stereocenters. The first-order chi connectivity index (χ1) is 13.8. The third-order valence-corrected chi connectivity index (χ3v) is 5.99. The van der Waals surface area contributed by atoms with E-state index in [2.05, 4.69) is 5.32 Å². The SMILES string of the molecule is CC(C)N1CC(C(=O)NCCN2C(=O)S/C(=C\c3ccc(Cl)cc3)C2=O)CC1=O. The average molecular weight is 436 g/mol. The van der Waals surface area contributed by atoms with E-state index in [0.29, 0.717) is 16.5 Å². The summed E-state index contributed by atoms with van der Waals surface area (Å²) in [6.45, 7) is 4.46. The molecule has 1 aromatic carbocycles. The van der Waals surface area contributed by atoms with Crippen LogP contribution in [0.5, 0.6) is 0 Å². The lowest BCUT2D eigenvalue weighted by molar-refractivity contribution is -0.129. The molecule has 9 heteroatoms. The maximum absolute atomic E-state index is 12.5. The van der Waals surface area contributed by atoms with Crippen molar-refractivity contribution >= 4 is 52.4 Å². The molecular weight excluding hydrogens is 414 g/mol. The Kier molecular flexibility index (Phi) is 6.64. The molecule has 29 heavy (non-hydrogen) atoms. The quantitative estimate of drug-likeness (QED) is 0.694. The zero-order valence-corrected chi connectivity index (χ0v) is 17.8. The van der Waals surface area contributed by atoms with Gasteiger partial charge in [-0.1, -0.05) is 23.7 Å². The van der Waals surface area contributed by atoms with Crippen molar-refractivity contribution in [3.05, 3.63) is 39.8 Å². The second-order valence-electron chi connectivity index (χ2n) is 7.22. The second-order valence-corrected chi connectivity index (χ2v) is 8.65. The predicted octanol–water partition coefficient (Wildman–Crippen LogP) is 2.75. The molecule has 1 atom stereocenters. The molecule has 2 saturated heterocycles. The Labute approximate surface area is 178 Å². The summed E-state index contributed by atoms with van der Waals surface area (Å²) in [5.74, 6) is -1.04. The summed E-state index contributed by atoms with van der Waals surface area (Å²) in [6.07, 6.45) is 1.83. The van der Waals surface area contributed by atoms with Crippen LogP contribution in [0.4, 0.5) is 4.79 Å². The van der Waals surface area contributed by atoms with Gasteiger partial charge in [0.15, 0.2) is 0 Å². The first-order valence-electron chi connectivity index (χ1n) is 9.34. The highest BCUT2D eigenvalue weighted by molar-refractivity contribution is 8.18. The number of rotatable bonds is 6. The molecule has 2 heterocycles. The topological polar surface area (TPSA) is 86.8 Å². The van der Waals surface area contributed by atoms with E-state index in [1.807, 2.05) is 13.8 Å². The average Bonchev–Trinajstić information content (AvgIpc) is 3.18. The molecule has 0 aromatic heterocycles. The van der Waals surface area contributed by atoms with E-state index < -0.39 is 5.92 Å². The molecule has 0 radical (unpaired) electrons. The van der Waals surface area contributed by atoms with Crippen LogP contribution < -0.4 is 5.32 Å². The first kappa shape index (κ1) is 21.4. The highest BCUT2D eigenvalue weighted by atomic mass is 35.5. The number of nitrogens with one attached hydrogen (secondary N) is 1. The van der Waals surface area contributed by atoms with Gasteiger partial charge in [-0.05, 0) is 49.4 Å². The first-order valence-corrected chi connectivity index (χ1v) is 10.5. The number of nitrogens with zero attached hydrogens (tertiary/aromatic N) is 2. The molecule has 154 valence electrons. The van der Waals surface area contributed by atoms with Gasteiger partial charge in [-0.2, -0.15) is 0 Å². The van der Waals surface area contributed by atoms with Gasteiger partial charge in [-0.25, -0.2) is 0 Å². The number of hydrogen-bond acceptors (Lipinski definition) is 5. The number of benzene rings is 1. The summed E-state index contributed by atoms with van der Waals surface area (Å²) in [4.78, 5) is 52.1. The van der Waals surface area contributed by atoms with Gasteiger partial charge in [-0.15, -0.1) is 0 Å². The van der Waals surface area contributed by atoms with Crippen molar-refractivity contribution < 1.29 is 19.2 Å². The maximum atomic E-state index is 12.5. The highest BCUT2D eigenvalue weighted by Crippen LogP contribution is 2.32. The van der Waals surface area contributed by atoms with Gasteiger partial charge in [0.2, 0.25) is 11.8 Å². The fraction of sp³-hybridized carbons (Fsp3) is 0.400. The predicted molar refractivity (Wildman–Crippen MR) is 112 cm³/mol. The van der Waals surface area contributed by atoms with E-state index in [-0.39, 0.29) is 48.5 Å². The Bertz CT molecular complexity index is 869. The molecule has 0 spiro atoms. The molecule has 2 aliphatic rings. The van der Waals surface area contributed by atoms with Crippen molar-refractivity contribution in [3.8, 4) is 0 Å². The van der Waals surface area contributed by atoms with Crippen LogP contribution in [-0.2, 0) is 14.4 Å². The van der Waals surface area contributed by atoms with Gasteiger partial charge >= 0.3 is 0 Å². The van der Waals surface area contributed by atoms with Crippen LogP contribution in [0.3, 0.4) is 0 Å². The fourth-order valence-corrected chi connectivity index (χ4v) is 4.24. The number of likely N-dealkylation sites (tertiary alicyclic amines) is 1. The number of imide groups is 1. The minimum Gasteiger partial charge on any atom is -0.354 e. The van der Waals surface area contributed by atoms with Gasteiger partial charge in [0, 0.05) is 37.1 Å². The standard InChI is InChI=1S/C20H22ClN3O4S/c1-12(2)24-11-14(10-17(24)25)18(26)22-7-8-23-19(27)16(29-20(23)28)9-13-3-5-15(21)6-4-13/h3-6,9,12,14H,7-8,10-11H2,1-2H3,(H,22,26)/b16-9-. The normalized spacial score (nSPS) is 21.0. The van der Waals surface area contributed by atoms with Gasteiger partial charge in [-0.3, -0.25) is 24.1 Å². The summed E-state index contributed by atoms with van der Waals surface area (Å²) in [5, 5.41) is 2.96. The van der Waals surface area contributed by atoms with E-state index in [9.17, 15) is 19.2 Å². The Morgan fingerprint density at radius 1 is 1.28 bits per heavy atom. The molecule has 1 aromatic rings. The lowest BCUT2D eigenvalue weighted by atomic mass is 10.1. The molecule has 0 aliphatic carbocycles. The Morgan fingerprint density at radius 3 is 2.59 bits per heavy atom. The van der Waals surface area contributed by atoms with Crippen molar-refractivity contribution in [3.63, 3.8) is 0 Å². The number of hydrogen-bond donors (Lipinski definition) is 1. The van der Waals surface area contributed by atoms with Crippen LogP contribution in [-0.4, -0.2) is 58.4 Å². The lowest BCUT2D eigenvalue weighted by Gasteiger charge is -2.20. The summed E-state index contributed by atoms with van der Waals surface area (Å²) in [7, 11) is 0. The maximum Gasteiger partial charge on any atom is 0.293 e. The zero-order valence-electron chi connectivity index (χ0n) is 16.2. The molecular formula is C20H22ClN3O4S. The van der Waals surface area contributed by atoms with Crippen LogP contribution in [0.1, 0.15) is 25.8 Å². The number of thioether (sulfide) groups is 1. The summed E-state index contributed by atoms with van der Waals surface area (Å²) >= 11 is 6.72. The van der Waals surface area contributed by atoms with Gasteiger partial charge < -0.3 is 10.2 Å². The van der Waals surface area contributed by atoms with Gasteiger partial charge in [0.1, 0.15) is 0 Å². The van der Waals surface area contributed by atoms with E-state index >= 15 is 0 Å². The van der Waals surface area contributed by atoms with Crippen LogP contribution in [0.15, 0.2) is 29.2 Å². The van der Waals surface area contributed by atoms with Crippen LogP contribution in [0.25, 0.3) is 6.08 Å². The van der Waals surface area contributed by atoms with Crippen molar-refractivity contribution in [2.24, 2.45) is 5.92 Å². The van der Waals surface area contributed by atoms with Crippen LogP contribution in [0, 0.1) is 5.92 Å². The van der Waals surface area contributed by atoms with Crippen molar-refractivity contribution in [1.82, 2.24) is 15.1 Å². The number of carbonyl (C=O) groups excluding carboxylic acids is 4. The Balaban J connectivity index is 1.52. The molecule has 4 amide bonds. The minimum atomic E-state index is -0.399. The van der Waals surface area contributed by atoms with Crippen LogP contribution in [0.2, 0.25) is 5.02 Å².